The van der Waals surface area contributed by atoms with Gasteiger partial charge in [-0.15, -0.1) is 0 Å². The minimum atomic E-state index is -1.70. The van der Waals surface area contributed by atoms with Crippen LogP contribution in [0.15, 0.2) is 35.5 Å². The summed E-state index contributed by atoms with van der Waals surface area (Å²) < 4.78 is 0. The summed E-state index contributed by atoms with van der Waals surface area (Å²) in [4.78, 5) is 110. The number of H-pyrrole nitrogens is 1. The first-order chi connectivity index (χ1) is 26.9. The molecule has 1 aromatic carbocycles. The number of rotatable bonds is 24. The van der Waals surface area contributed by atoms with Crippen LogP contribution in [-0.2, 0) is 44.8 Å². The molecule has 0 aliphatic rings. The predicted molar refractivity (Wildman–Crippen MR) is 216 cm³/mol. The number of amides is 8. The van der Waals surface area contributed by atoms with Crippen LogP contribution in [0.4, 0.5) is 0 Å². The monoisotopic (exact) mass is 836 g/mol. The van der Waals surface area contributed by atoms with Gasteiger partial charge in [-0.05, 0) is 37.8 Å². The molecular formula is C34H52N12O9S2. The van der Waals surface area contributed by atoms with E-state index < -0.39 is 89.6 Å². The molecule has 0 saturated heterocycles. The molecule has 0 saturated carbocycles. The van der Waals surface area contributed by atoms with Crippen molar-refractivity contribution < 1.29 is 43.5 Å². The summed E-state index contributed by atoms with van der Waals surface area (Å²) in [5, 5.41) is 26.2. The summed E-state index contributed by atoms with van der Waals surface area (Å²) in [7, 11) is 0. The highest BCUT2D eigenvalue weighted by Crippen LogP contribution is 2.19. The molecular weight excluding hydrogens is 785 g/mol. The minimum absolute atomic E-state index is 0.0496. The Balaban J connectivity index is 2.45. The third-order valence-electron chi connectivity index (χ3n) is 8.40. The van der Waals surface area contributed by atoms with Crippen LogP contribution in [0.2, 0.25) is 0 Å². The van der Waals surface area contributed by atoms with Crippen LogP contribution in [0, 0.1) is 0 Å². The number of benzene rings is 1. The SMILES string of the molecule is CC(=O)N[C@@H](CS)C(=O)N[C@@H](CCCN=C(N)N)C(=O)N[C@H](C(=O)N[C@@H](Cc1c[nH]c2ccccc12)C(=O)N[C@@H](CCC(N)=O)C(=O)N[C@@H](CS)C(N)=O)[C@@H](C)O. The summed E-state index contributed by atoms with van der Waals surface area (Å²) >= 11 is 8.11. The van der Waals surface area contributed by atoms with Gasteiger partial charge in [0.1, 0.15) is 36.3 Å². The number of aliphatic hydroxyl groups is 1. The Hall–Kier alpha value is -5.55. The second kappa shape index (κ2) is 23.5. The van der Waals surface area contributed by atoms with Gasteiger partial charge < -0.3 is 64.9 Å². The number of guanidine groups is 1. The van der Waals surface area contributed by atoms with Crippen LogP contribution >= 0.6 is 25.3 Å². The van der Waals surface area contributed by atoms with Crippen molar-refractivity contribution in [3.63, 3.8) is 0 Å². The Morgan fingerprint density at radius 3 is 1.84 bits per heavy atom. The predicted octanol–water partition coefficient (Wildman–Crippen LogP) is -4.32. The Kier molecular flexibility index (Phi) is 19.6. The molecule has 314 valence electrons. The van der Waals surface area contributed by atoms with Gasteiger partial charge in [0.15, 0.2) is 5.96 Å². The van der Waals surface area contributed by atoms with Crippen LogP contribution < -0.4 is 54.8 Å². The molecule has 23 heteroatoms. The quantitative estimate of drug-likeness (QED) is 0.0208. The number of nitrogens with zero attached hydrogens (tertiary/aromatic N) is 1. The summed E-state index contributed by atoms with van der Waals surface area (Å²) in [5.74, 6) is -7.22. The second-order valence-corrected chi connectivity index (χ2v) is 13.7. The molecule has 21 nitrogen and oxygen atoms in total. The lowest BCUT2D eigenvalue weighted by molar-refractivity contribution is -0.136. The molecule has 7 atom stereocenters. The number of aromatic amines is 1. The van der Waals surface area contributed by atoms with E-state index in [1.165, 1.54) is 13.8 Å². The number of nitrogens with two attached hydrogens (primary N) is 4. The zero-order chi connectivity index (χ0) is 42.8. The normalized spacial score (nSPS) is 14.6. The van der Waals surface area contributed by atoms with E-state index in [2.05, 4.69) is 67.1 Å². The molecule has 1 heterocycles. The van der Waals surface area contributed by atoms with E-state index in [1.807, 2.05) is 0 Å². The molecule has 1 aromatic heterocycles. The lowest BCUT2D eigenvalue weighted by atomic mass is 10.0. The lowest BCUT2D eigenvalue weighted by Crippen LogP contribution is -2.62. The first-order valence-corrected chi connectivity index (χ1v) is 19.0. The van der Waals surface area contributed by atoms with E-state index in [-0.39, 0.29) is 56.1 Å². The summed E-state index contributed by atoms with van der Waals surface area (Å²) in [6.07, 6.45) is -0.637. The number of primary amides is 2. The molecule has 2 rings (SSSR count). The topological polar surface area (TPSA) is 361 Å². The van der Waals surface area contributed by atoms with Gasteiger partial charge in [0.2, 0.25) is 47.3 Å². The van der Waals surface area contributed by atoms with Gasteiger partial charge in [-0.25, -0.2) is 0 Å². The van der Waals surface area contributed by atoms with Crippen LogP contribution in [0.3, 0.4) is 0 Å². The maximum absolute atomic E-state index is 14.0. The molecule has 0 fully saturated rings. The fourth-order valence-electron chi connectivity index (χ4n) is 5.44. The van der Waals surface area contributed by atoms with Gasteiger partial charge >= 0.3 is 0 Å². The number of aliphatic hydroxyl groups excluding tert-OH is 1. The van der Waals surface area contributed by atoms with E-state index in [1.54, 1.807) is 30.5 Å². The van der Waals surface area contributed by atoms with Gasteiger partial charge in [-0.3, -0.25) is 43.3 Å². The van der Waals surface area contributed by atoms with E-state index in [9.17, 15) is 43.5 Å². The van der Waals surface area contributed by atoms with Crippen LogP contribution in [0.5, 0.6) is 0 Å². The number of nitrogens with one attached hydrogen (secondary N) is 7. The maximum atomic E-state index is 14.0. The van der Waals surface area contributed by atoms with Crippen molar-refractivity contribution in [3.05, 3.63) is 36.0 Å². The zero-order valence-corrected chi connectivity index (χ0v) is 33.2. The number of hydrogen-bond acceptors (Lipinski definition) is 12. The molecule has 0 radical (unpaired) electrons. The first kappa shape index (κ1) is 47.6. The average molecular weight is 837 g/mol. The number of fused-ring (bicyclic) bond motifs is 1. The number of aromatic nitrogens is 1. The van der Waals surface area contributed by atoms with Crippen molar-refractivity contribution in [1.82, 2.24) is 36.9 Å². The Bertz CT molecular complexity index is 1790. The highest BCUT2D eigenvalue weighted by molar-refractivity contribution is 7.80. The smallest absolute Gasteiger partial charge is 0.245 e. The highest BCUT2D eigenvalue weighted by Gasteiger charge is 2.35. The average Bonchev–Trinajstić information content (AvgIpc) is 3.55. The van der Waals surface area contributed by atoms with Gasteiger partial charge in [0.05, 0.1) is 6.10 Å². The Morgan fingerprint density at radius 2 is 1.28 bits per heavy atom. The standard InChI is InChI=1S/C34H52N12O9S2/c1-16(47)27(46-30(52)21(8-5-11-39-34(37)38)42-32(54)25(15-57)41-17(2)48)33(55)44-23(12-18-13-40-20-7-4-3-6-19(18)20)31(53)43-22(9-10-26(35)49)29(51)45-24(14-56)28(36)50/h3-4,6-7,13,16,21-25,27,40,47,56-57H,5,8-12,14-15H2,1-2H3,(H2,35,49)(H2,36,50)(H,41,48)(H,42,54)(H,43,53)(H,44,55)(H,45,51)(H,46,52)(H4,37,38,39)/t16-,21+,22+,23+,24+,25+,27+/m1/s1. The lowest BCUT2D eigenvalue weighted by Gasteiger charge is -2.28. The number of thiol groups is 2. The first-order valence-electron chi connectivity index (χ1n) is 17.7. The fourth-order valence-corrected chi connectivity index (χ4v) is 5.97. The molecule has 0 unspecified atom stereocenters. The molecule has 8 amide bonds. The van der Waals surface area contributed by atoms with Crippen molar-refractivity contribution in [3.8, 4) is 0 Å². The fraction of sp³-hybridized carbons (Fsp3) is 0.500. The van der Waals surface area contributed by atoms with Gasteiger partial charge in [0.25, 0.3) is 0 Å². The highest BCUT2D eigenvalue weighted by atomic mass is 32.1. The molecule has 0 aliphatic heterocycles. The van der Waals surface area contributed by atoms with Crippen molar-refractivity contribution in [1.29, 1.82) is 0 Å². The van der Waals surface area contributed by atoms with E-state index in [4.69, 9.17) is 22.9 Å². The Labute approximate surface area is 339 Å². The third kappa shape index (κ3) is 15.8. The number of hydrogen-bond donors (Lipinski definition) is 14. The number of aliphatic imine (C=N–C) groups is 1. The number of carbonyl (C=O) groups is 8. The summed E-state index contributed by atoms with van der Waals surface area (Å²) in [6.45, 7) is 2.48. The van der Waals surface area contributed by atoms with Crippen LogP contribution in [0.25, 0.3) is 10.9 Å². The van der Waals surface area contributed by atoms with Crippen molar-refractivity contribution >= 4 is 89.4 Å². The van der Waals surface area contributed by atoms with Gasteiger partial charge in [-0.2, -0.15) is 25.3 Å². The van der Waals surface area contributed by atoms with Gasteiger partial charge in [-0.1, -0.05) is 18.2 Å². The van der Waals surface area contributed by atoms with Crippen molar-refractivity contribution in [2.45, 2.75) is 88.3 Å². The zero-order valence-electron chi connectivity index (χ0n) is 31.4. The molecule has 16 N–H and O–H groups in total. The minimum Gasteiger partial charge on any atom is -0.391 e. The largest absolute Gasteiger partial charge is 0.391 e. The molecule has 0 aliphatic carbocycles. The van der Waals surface area contributed by atoms with Crippen LogP contribution in [-0.4, -0.2) is 124 Å². The molecule has 2 aromatic rings. The second-order valence-electron chi connectivity index (χ2n) is 13.0. The van der Waals surface area contributed by atoms with E-state index in [0.29, 0.717) is 16.5 Å². The van der Waals surface area contributed by atoms with Gasteiger partial charge in [0, 0.05) is 54.9 Å². The van der Waals surface area contributed by atoms with Crippen LogP contribution in [0.1, 0.15) is 45.1 Å². The van der Waals surface area contributed by atoms with Crippen molar-refractivity contribution in [2.75, 3.05) is 18.1 Å². The number of carbonyl (C=O) groups excluding carboxylic acids is 8. The summed E-state index contributed by atoms with van der Waals surface area (Å²) in [5.41, 5.74) is 22.7. The van der Waals surface area contributed by atoms with E-state index in [0.717, 1.165) is 0 Å². The number of para-hydroxylation sites is 1. The molecule has 57 heavy (non-hydrogen) atoms. The maximum Gasteiger partial charge on any atom is 0.245 e. The summed E-state index contributed by atoms with van der Waals surface area (Å²) in [6, 6.07) is -1.19. The Morgan fingerprint density at radius 1 is 0.737 bits per heavy atom. The van der Waals surface area contributed by atoms with E-state index >= 15 is 0 Å². The van der Waals surface area contributed by atoms with Crippen molar-refractivity contribution in [2.24, 2.45) is 27.9 Å². The molecule has 0 spiro atoms. The third-order valence-corrected chi connectivity index (χ3v) is 9.13. The molecule has 0 bridgehead atoms.